The van der Waals surface area contributed by atoms with Crippen LogP contribution in [0.5, 0.6) is 5.75 Å². The van der Waals surface area contributed by atoms with Gasteiger partial charge < -0.3 is 15.0 Å². The monoisotopic (exact) mass is 234 g/mol. The van der Waals surface area contributed by atoms with E-state index in [4.69, 9.17) is 4.74 Å². The lowest BCUT2D eigenvalue weighted by atomic mass is 10.1. The molecule has 92 valence electrons. The van der Waals surface area contributed by atoms with E-state index < -0.39 is 0 Å². The number of methoxy groups -OCH3 is 1. The van der Waals surface area contributed by atoms with Crippen LogP contribution in [0, 0.1) is 0 Å². The molecule has 0 radical (unpaired) electrons. The van der Waals surface area contributed by atoms with Gasteiger partial charge in [-0.2, -0.15) is 0 Å². The summed E-state index contributed by atoms with van der Waals surface area (Å²) >= 11 is 0. The fourth-order valence-electron chi connectivity index (χ4n) is 2.27. The highest BCUT2D eigenvalue weighted by Crippen LogP contribution is 2.38. The average molecular weight is 234 g/mol. The zero-order chi connectivity index (χ0) is 12.4. The van der Waals surface area contributed by atoms with Crippen LogP contribution in [0.4, 0.5) is 5.69 Å². The zero-order valence-electron chi connectivity index (χ0n) is 10.5. The first-order valence-corrected chi connectivity index (χ1v) is 5.89. The van der Waals surface area contributed by atoms with Crippen molar-refractivity contribution < 1.29 is 9.53 Å². The molecule has 1 amide bonds. The van der Waals surface area contributed by atoms with Crippen molar-refractivity contribution >= 4 is 11.6 Å². The summed E-state index contributed by atoms with van der Waals surface area (Å²) in [6.07, 6.45) is 0.943. The molecule has 1 atom stereocenters. The van der Waals surface area contributed by atoms with Crippen LogP contribution < -0.4 is 15.0 Å². The number of amides is 1. The topological polar surface area (TPSA) is 41.6 Å². The zero-order valence-corrected chi connectivity index (χ0v) is 10.5. The summed E-state index contributed by atoms with van der Waals surface area (Å²) in [5.74, 6) is 0.909. The number of hydrogen-bond donors (Lipinski definition) is 1. The smallest absolute Gasteiger partial charge is 0.248 e. The fourth-order valence-corrected chi connectivity index (χ4v) is 2.27. The maximum atomic E-state index is 12.2. The Morgan fingerprint density at radius 2 is 2.24 bits per heavy atom. The number of carbonyl (C=O) groups excluding carboxylic acids is 1. The van der Waals surface area contributed by atoms with Crippen molar-refractivity contribution in [3.63, 3.8) is 0 Å². The first kappa shape index (κ1) is 11.9. The van der Waals surface area contributed by atoms with Gasteiger partial charge in [-0.3, -0.25) is 4.79 Å². The lowest BCUT2D eigenvalue weighted by Gasteiger charge is -2.17. The van der Waals surface area contributed by atoms with Crippen molar-refractivity contribution in [3.05, 3.63) is 23.8 Å². The van der Waals surface area contributed by atoms with E-state index in [0.29, 0.717) is 0 Å². The van der Waals surface area contributed by atoms with Gasteiger partial charge in [0.2, 0.25) is 5.91 Å². The summed E-state index contributed by atoms with van der Waals surface area (Å²) in [6, 6.07) is 5.57. The molecule has 1 aliphatic heterocycles. The lowest BCUT2D eigenvalue weighted by molar-refractivity contribution is -0.119. The van der Waals surface area contributed by atoms with Gasteiger partial charge >= 0.3 is 0 Å². The van der Waals surface area contributed by atoms with Crippen molar-refractivity contribution in [1.29, 1.82) is 0 Å². The molecule has 0 aliphatic carbocycles. The second-order valence-corrected chi connectivity index (χ2v) is 4.14. The normalized spacial score (nSPS) is 18.4. The number of anilines is 1. The van der Waals surface area contributed by atoms with E-state index >= 15 is 0 Å². The number of nitrogens with zero attached hydrogens (tertiary/aromatic N) is 1. The quantitative estimate of drug-likeness (QED) is 0.862. The van der Waals surface area contributed by atoms with E-state index in [1.807, 2.05) is 30.1 Å². The molecule has 0 saturated heterocycles. The van der Waals surface area contributed by atoms with Gasteiger partial charge in [0.25, 0.3) is 0 Å². The third-order valence-corrected chi connectivity index (χ3v) is 3.09. The highest BCUT2D eigenvalue weighted by atomic mass is 16.5. The number of likely N-dealkylation sites (N-methyl/N-ethyl adjacent to an activating group) is 1. The minimum absolute atomic E-state index is 0.123. The molecule has 1 aliphatic rings. The van der Waals surface area contributed by atoms with Gasteiger partial charge in [0.15, 0.2) is 0 Å². The lowest BCUT2D eigenvalue weighted by Crippen LogP contribution is -2.33. The van der Waals surface area contributed by atoms with E-state index in [-0.39, 0.29) is 11.9 Å². The fraction of sp³-hybridized carbons (Fsp3) is 0.462. The number of hydrogen-bond acceptors (Lipinski definition) is 3. The Morgan fingerprint density at radius 1 is 1.47 bits per heavy atom. The Bertz CT molecular complexity index is 431. The highest BCUT2D eigenvalue weighted by molar-refractivity contribution is 6.04. The standard InChI is InChI=1S/C13H18N2O2/c1-4-7-15-11-8-9(17-3)5-6-10(11)12(14-2)13(15)16/h5-6,8,12,14H,4,7H2,1-3H3. The molecule has 1 aromatic rings. The summed E-state index contributed by atoms with van der Waals surface area (Å²) in [4.78, 5) is 14.0. The predicted octanol–water partition coefficient (Wildman–Crippen LogP) is 1.71. The number of carbonyl (C=O) groups is 1. The van der Waals surface area contributed by atoms with Crippen molar-refractivity contribution in [3.8, 4) is 5.75 Å². The Morgan fingerprint density at radius 3 is 2.82 bits per heavy atom. The Labute approximate surface area is 102 Å². The average Bonchev–Trinajstić information content (AvgIpc) is 2.62. The maximum Gasteiger partial charge on any atom is 0.248 e. The van der Waals surface area contributed by atoms with Crippen LogP contribution in [-0.2, 0) is 4.79 Å². The second-order valence-electron chi connectivity index (χ2n) is 4.14. The number of ether oxygens (including phenoxy) is 1. The van der Waals surface area contributed by atoms with Crippen LogP contribution in [-0.4, -0.2) is 26.6 Å². The molecule has 2 rings (SSSR count). The molecular formula is C13H18N2O2. The first-order chi connectivity index (χ1) is 8.22. The third-order valence-electron chi connectivity index (χ3n) is 3.09. The molecule has 0 bridgehead atoms. The van der Waals surface area contributed by atoms with Crippen molar-refractivity contribution in [1.82, 2.24) is 5.32 Å². The first-order valence-electron chi connectivity index (χ1n) is 5.89. The number of rotatable bonds is 4. The van der Waals surface area contributed by atoms with Gasteiger partial charge in [0, 0.05) is 18.2 Å². The Hall–Kier alpha value is -1.55. The summed E-state index contributed by atoms with van der Waals surface area (Å²) in [5.41, 5.74) is 2.00. The van der Waals surface area contributed by atoms with Crippen LogP contribution in [0.3, 0.4) is 0 Å². The van der Waals surface area contributed by atoms with Crippen LogP contribution in [0.15, 0.2) is 18.2 Å². The molecule has 0 saturated carbocycles. The minimum atomic E-state index is -0.220. The molecular weight excluding hydrogens is 216 g/mol. The molecule has 0 fully saturated rings. The van der Waals surface area contributed by atoms with Gasteiger partial charge in [0.05, 0.1) is 12.8 Å². The molecule has 1 N–H and O–H groups in total. The highest BCUT2D eigenvalue weighted by Gasteiger charge is 2.35. The molecule has 0 spiro atoms. The van der Waals surface area contributed by atoms with Gasteiger partial charge in [-0.1, -0.05) is 13.0 Å². The molecule has 0 aromatic heterocycles. The number of nitrogens with one attached hydrogen (secondary N) is 1. The number of benzene rings is 1. The largest absolute Gasteiger partial charge is 0.497 e. The molecule has 4 nitrogen and oxygen atoms in total. The molecule has 17 heavy (non-hydrogen) atoms. The summed E-state index contributed by atoms with van der Waals surface area (Å²) in [6.45, 7) is 2.82. The van der Waals surface area contributed by atoms with Crippen LogP contribution >= 0.6 is 0 Å². The number of fused-ring (bicyclic) bond motifs is 1. The minimum Gasteiger partial charge on any atom is -0.497 e. The van der Waals surface area contributed by atoms with E-state index in [9.17, 15) is 4.79 Å². The van der Waals surface area contributed by atoms with Gasteiger partial charge in [-0.15, -0.1) is 0 Å². The molecule has 4 heteroatoms. The van der Waals surface area contributed by atoms with Gasteiger partial charge in [-0.05, 0) is 19.5 Å². The third kappa shape index (κ3) is 1.89. The van der Waals surface area contributed by atoms with Crippen molar-refractivity contribution in [2.75, 3.05) is 25.6 Å². The van der Waals surface area contributed by atoms with E-state index in [0.717, 1.165) is 30.0 Å². The Balaban J connectivity index is 2.45. The predicted molar refractivity (Wildman–Crippen MR) is 67.4 cm³/mol. The molecule has 1 unspecified atom stereocenters. The van der Waals surface area contributed by atoms with Gasteiger partial charge in [0.1, 0.15) is 11.8 Å². The van der Waals surface area contributed by atoms with Crippen molar-refractivity contribution in [2.45, 2.75) is 19.4 Å². The molecule has 1 heterocycles. The summed E-state index contributed by atoms with van der Waals surface area (Å²) in [7, 11) is 3.45. The Kier molecular flexibility index (Phi) is 3.33. The molecule has 1 aromatic carbocycles. The van der Waals surface area contributed by atoms with Crippen molar-refractivity contribution in [2.24, 2.45) is 0 Å². The second kappa shape index (κ2) is 4.75. The summed E-state index contributed by atoms with van der Waals surface area (Å²) < 4.78 is 5.21. The maximum absolute atomic E-state index is 12.2. The SMILES string of the molecule is CCCN1C(=O)C(NC)c2ccc(OC)cc21. The van der Waals surface area contributed by atoms with Crippen LogP contribution in [0.25, 0.3) is 0 Å². The summed E-state index contributed by atoms with van der Waals surface area (Å²) in [5, 5.41) is 3.06. The van der Waals surface area contributed by atoms with Crippen LogP contribution in [0.2, 0.25) is 0 Å². The van der Waals surface area contributed by atoms with E-state index in [1.54, 1.807) is 7.11 Å². The van der Waals surface area contributed by atoms with Gasteiger partial charge in [-0.25, -0.2) is 0 Å². The van der Waals surface area contributed by atoms with Crippen LogP contribution in [0.1, 0.15) is 24.9 Å². The van der Waals surface area contributed by atoms with E-state index in [1.165, 1.54) is 0 Å². The van der Waals surface area contributed by atoms with E-state index in [2.05, 4.69) is 12.2 Å².